The maximum atomic E-state index is 12.3. The van der Waals surface area contributed by atoms with Gasteiger partial charge in [0.15, 0.2) is 6.10 Å². The molecule has 29 heavy (non-hydrogen) atoms. The van der Waals surface area contributed by atoms with Crippen molar-refractivity contribution in [3.8, 4) is 11.5 Å². The van der Waals surface area contributed by atoms with Crippen LogP contribution in [0, 0.1) is 10.1 Å². The summed E-state index contributed by atoms with van der Waals surface area (Å²) >= 11 is 0. The molecular formula is C20H22N2O7. The molecule has 0 spiro atoms. The number of rotatable bonds is 9. The second-order valence-electron chi connectivity index (χ2n) is 6.05. The Morgan fingerprint density at radius 2 is 1.86 bits per heavy atom. The minimum absolute atomic E-state index is 0.119. The summed E-state index contributed by atoms with van der Waals surface area (Å²) in [6.45, 7) is 3.99. The number of nitrogens with zero attached hydrogens (tertiary/aromatic N) is 1. The minimum Gasteiger partial charge on any atom is -0.494 e. The number of nitro groups is 1. The van der Waals surface area contributed by atoms with E-state index in [1.54, 1.807) is 24.3 Å². The highest BCUT2D eigenvalue weighted by atomic mass is 16.6. The van der Waals surface area contributed by atoms with Crippen LogP contribution in [0.2, 0.25) is 0 Å². The lowest BCUT2D eigenvalue weighted by Gasteiger charge is -2.15. The van der Waals surface area contributed by atoms with Gasteiger partial charge in [-0.1, -0.05) is 6.92 Å². The molecule has 2 aromatic carbocycles. The molecule has 1 amide bonds. The molecule has 0 bridgehead atoms. The summed E-state index contributed by atoms with van der Waals surface area (Å²) in [5, 5.41) is 13.4. The first-order valence-electron chi connectivity index (χ1n) is 8.92. The first-order chi connectivity index (χ1) is 13.8. The fourth-order valence-electron chi connectivity index (χ4n) is 2.32. The maximum Gasteiger partial charge on any atom is 0.338 e. The summed E-state index contributed by atoms with van der Waals surface area (Å²) in [5.74, 6) is -0.507. The van der Waals surface area contributed by atoms with E-state index in [1.807, 2.05) is 6.92 Å². The first-order valence-corrected chi connectivity index (χ1v) is 8.92. The number of esters is 1. The normalized spacial score (nSPS) is 11.3. The fraction of sp³-hybridized carbons (Fsp3) is 0.300. The zero-order valence-electron chi connectivity index (χ0n) is 16.3. The van der Waals surface area contributed by atoms with Gasteiger partial charge in [-0.3, -0.25) is 14.9 Å². The predicted molar refractivity (Wildman–Crippen MR) is 105 cm³/mol. The quantitative estimate of drug-likeness (QED) is 0.387. The van der Waals surface area contributed by atoms with Crippen molar-refractivity contribution < 1.29 is 28.7 Å². The van der Waals surface area contributed by atoms with Crippen molar-refractivity contribution in [2.75, 3.05) is 19.0 Å². The molecular weight excluding hydrogens is 380 g/mol. The van der Waals surface area contributed by atoms with Crippen LogP contribution in [0.15, 0.2) is 42.5 Å². The van der Waals surface area contributed by atoms with Crippen molar-refractivity contribution in [1.29, 1.82) is 0 Å². The highest BCUT2D eigenvalue weighted by Gasteiger charge is 2.21. The van der Waals surface area contributed by atoms with Crippen LogP contribution in [-0.2, 0) is 9.53 Å². The van der Waals surface area contributed by atoms with E-state index in [9.17, 15) is 19.7 Å². The van der Waals surface area contributed by atoms with Crippen molar-refractivity contribution >= 4 is 23.3 Å². The zero-order chi connectivity index (χ0) is 21.4. The number of carbonyl (C=O) groups is 2. The maximum absolute atomic E-state index is 12.3. The number of ether oxygens (including phenoxy) is 3. The SMILES string of the molecule is CCCOc1ccc(C(=O)O[C@H](C)C(=O)Nc2ccc([N+](=O)[O-])cc2OC)cc1. The average molecular weight is 402 g/mol. The number of nitro benzene ring substituents is 1. The van der Waals surface area contributed by atoms with Gasteiger partial charge in [-0.25, -0.2) is 4.79 Å². The van der Waals surface area contributed by atoms with Crippen LogP contribution in [0.3, 0.4) is 0 Å². The molecule has 0 aromatic heterocycles. The molecule has 0 aliphatic carbocycles. The Morgan fingerprint density at radius 3 is 2.45 bits per heavy atom. The largest absolute Gasteiger partial charge is 0.494 e. The van der Waals surface area contributed by atoms with Crippen LogP contribution in [0.4, 0.5) is 11.4 Å². The lowest BCUT2D eigenvalue weighted by atomic mass is 10.2. The molecule has 1 atom stereocenters. The Balaban J connectivity index is 1.99. The van der Waals surface area contributed by atoms with Gasteiger partial charge < -0.3 is 19.5 Å². The second-order valence-corrected chi connectivity index (χ2v) is 6.05. The second kappa shape index (κ2) is 10.1. The van der Waals surface area contributed by atoms with E-state index >= 15 is 0 Å². The molecule has 2 rings (SSSR count). The Morgan fingerprint density at radius 1 is 1.17 bits per heavy atom. The number of methoxy groups -OCH3 is 1. The average Bonchev–Trinajstić information content (AvgIpc) is 2.72. The number of benzene rings is 2. The Kier molecular flexibility index (Phi) is 7.53. The number of non-ortho nitro benzene ring substituents is 1. The summed E-state index contributed by atoms with van der Waals surface area (Å²) in [7, 11) is 1.33. The molecule has 0 radical (unpaired) electrons. The highest BCUT2D eigenvalue weighted by molar-refractivity contribution is 5.98. The van der Waals surface area contributed by atoms with Crippen LogP contribution in [0.25, 0.3) is 0 Å². The van der Waals surface area contributed by atoms with Crippen LogP contribution >= 0.6 is 0 Å². The molecule has 9 heteroatoms. The monoisotopic (exact) mass is 402 g/mol. The smallest absolute Gasteiger partial charge is 0.338 e. The lowest BCUT2D eigenvalue weighted by Crippen LogP contribution is -2.30. The van der Waals surface area contributed by atoms with Gasteiger partial charge in [0.2, 0.25) is 0 Å². The van der Waals surface area contributed by atoms with Gasteiger partial charge in [-0.05, 0) is 43.7 Å². The van der Waals surface area contributed by atoms with E-state index in [1.165, 1.54) is 32.2 Å². The fourth-order valence-corrected chi connectivity index (χ4v) is 2.32. The Bertz CT molecular complexity index is 881. The van der Waals surface area contributed by atoms with E-state index in [4.69, 9.17) is 14.2 Å². The molecule has 1 N–H and O–H groups in total. The minimum atomic E-state index is -1.10. The van der Waals surface area contributed by atoms with Crippen molar-refractivity contribution in [2.24, 2.45) is 0 Å². The summed E-state index contributed by atoms with van der Waals surface area (Å²) < 4.78 is 15.7. The number of hydrogen-bond donors (Lipinski definition) is 1. The summed E-state index contributed by atoms with van der Waals surface area (Å²) in [6, 6.07) is 10.2. The molecule has 9 nitrogen and oxygen atoms in total. The summed E-state index contributed by atoms with van der Waals surface area (Å²) in [4.78, 5) is 34.8. The topological polar surface area (TPSA) is 117 Å². The summed E-state index contributed by atoms with van der Waals surface area (Å²) in [5.41, 5.74) is 0.329. The number of amides is 1. The van der Waals surface area contributed by atoms with Crippen LogP contribution < -0.4 is 14.8 Å². The van der Waals surface area contributed by atoms with E-state index in [2.05, 4.69) is 5.32 Å². The van der Waals surface area contributed by atoms with Crippen molar-refractivity contribution in [3.05, 3.63) is 58.1 Å². The lowest BCUT2D eigenvalue weighted by molar-refractivity contribution is -0.384. The van der Waals surface area contributed by atoms with Crippen LogP contribution in [0.5, 0.6) is 11.5 Å². The molecule has 0 saturated heterocycles. The molecule has 0 aliphatic heterocycles. The Hall–Kier alpha value is -3.62. The molecule has 0 aliphatic rings. The third-order valence-electron chi connectivity index (χ3n) is 3.87. The van der Waals surface area contributed by atoms with E-state index in [0.29, 0.717) is 12.4 Å². The van der Waals surface area contributed by atoms with Crippen molar-refractivity contribution in [1.82, 2.24) is 0 Å². The standard InChI is InChI=1S/C20H22N2O7/c1-4-11-28-16-8-5-14(6-9-16)20(24)29-13(2)19(23)21-17-10-7-15(22(25)26)12-18(17)27-3/h5-10,12-13H,4,11H2,1-3H3,(H,21,23)/t13-/m1/s1. The van der Waals surface area contributed by atoms with Gasteiger partial charge in [-0.2, -0.15) is 0 Å². The Labute approximate surface area is 167 Å². The third-order valence-corrected chi connectivity index (χ3v) is 3.87. The third kappa shape index (κ3) is 5.93. The molecule has 2 aromatic rings. The number of carbonyl (C=O) groups excluding carboxylic acids is 2. The van der Waals surface area contributed by atoms with Crippen molar-refractivity contribution in [3.63, 3.8) is 0 Å². The number of nitrogens with one attached hydrogen (secondary N) is 1. The van der Waals surface area contributed by atoms with Crippen molar-refractivity contribution in [2.45, 2.75) is 26.4 Å². The molecule has 0 unspecified atom stereocenters. The first kappa shape index (κ1) is 21.7. The van der Waals surface area contributed by atoms with Gasteiger partial charge in [0.05, 0.1) is 36.0 Å². The van der Waals surface area contributed by atoms with Gasteiger partial charge in [0.25, 0.3) is 11.6 Å². The van der Waals surface area contributed by atoms with Gasteiger partial charge in [-0.15, -0.1) is 0 Å². The van der Waals surface area contributed by atoms with E-state index in [0.717, 1.165) is 6.42 Å². The molecule has 0 heterocycles. The predicted octanol–water partition coefficient (Wildman–Crippen LogP) is 3.58. The molecule has 154 valence electrons. The number of hydrogen-bond acceptors (Lipinski definition) is 7. The van der Waals surface area contributed by atoms with Crippen LogP contribution in [0.1, 0.15) is 30.6 Å². The van der Waals surface area contributed by atoms with E-state index in [-0.39, 0.29) is 22.7 Å². The zero-order valence-corrected chi connectivity index (χ0v) is 16.3. The van der Waals surface area contributed by atoms with Gasteiger partial charge >= 0.3 is 5.97 Å². The highest BCUT2D eigenvalue weighted by Crippen LogP contribution is 2.29. The molecule has 0 fully saturated rings. The van der Waals surface area contributed by atoms with Gasteiger partial charge in [0.1, 0.15) is 11.5 Å². The van der Waals surface area contributed by atoms with Gasteiger partial charge in [0, 0.05) is 6.07 Å². The van der Waals surface area contributed by atoms with Crippen LogP contribution in [-0.4, -0.2) is 36.6 Å². The number of anilines is 1. The summed E-state index contributed by atoms with van der Waals surface area (Å²) in [6.07, 6.45) is -0.228. The molecule has 0 saturated carbocycles. The van der Waals surface area contributed by atoms with E-state index < -0.39 is 22.9 Å².